The van der Waals surface area contributed by atoms with Crippen LogP contribution in [0.5, 0.6) is 0 Å². The van der Waals surface area contributed by atoms with Crippen molar-refractivity contribution in [1.82, 2.24) is 14.7 Å². The zero-order chi connectivity index (χ0) is 16.6. The number of aromatic nitrogens is 2. The molecular formula is C15H9BrClF2N3O. The second-order valence-corrected chi connectivity index (χ2v) is 6.12. The van der Waals surface area contributed by atoms with Gasteiger partial charge in [-0.2, -0.15) is 0 Å². The van der Waals surface area contributed by atoms with Gasteiger partial charge < -0.3 is 9.72 Å². The number of amides is 1. The number of benzene rings is 1. The largest absolute Gasteiger partial charge is 0.346 e. The third-order valence-electron chi connectivity index (χ3n) is 3.18. The van der Waals surface area contributed by atoms with Crippen molar-refractivity contribution in [1.29, 1.82) is 0 Å². The second-order valence-electron chi connectivity index (χ2n) is 4.77. The highest BCUT2D eigenvalue weighted by molar-refractivity contribution is 9.10. The van der Waals surface area contributed by atoms with E-state index >= 15 is 0 Å². The summed E-state index contributed by atoms with van der Waals surface area (Å²) in [6.07, 6.45) is 3.28. The Morgan fingerprint density at radius 1 is 1.26 bits per heavy atom. The summed E-state index contributed by atoms with van der Waals surface area (Å²) >= 11 is 8.87. The monoisotopic (exact) mass is 399 g/mol. The lowest BCUT2D eigenvalue weighted by atomic mass is 10.2. The minimum absolute atomic E-state index is 0.0407. The highest BCUT2D eigenvalue weighted by Crippen LogP contribution is 2.19. The van der Waals surface area contributed by atoms with E-state index in [0.29, 0.717) is 5.65 Å². The van der Waals surface area contributed by atoms with Crippen LogP contribution in [0.3, 0.4) is 0 Å². The number of pyridine rings is 1. The minimum Gasteiger partial charge on any atom is -0.346 e. The molecule has 3 aromatic rings. The van der Waals surface area contributed by atoms with Crippen molar-refractivity contribution in [3.05, 3.63) is 69.0 Å². The van der Waals surface area contributed by atoms with Crippen LogP contribution in [0.25, 0.3) is 5.65 Å². The highest BCUT2D eigenvalue weighted by Gasteiger charge is 2.15. The number of rotatable bonds is 3. The van der Waals surface area contributed by atoms with Gasteiger partial charge in [0.2, 0.25) is 0 Å². The highest BCUT2D eigenvalue weighted by atomic mass is 79.9. The molecule has 0 radical (unpaired) electrons. The van der Waals surface area contributed by atoms with Crippen LogP contribution in [-0.4, -0.2) is 15.3 Å². The van der Waals surface area contributed by atoms with Gasteiger partial charge in [0.25, 0.3) is 5.91 Å². The molecule has 0 fully saturated rings. The van der Waals surface area contributed by atoms with Gasteiger partial charge in [-0.05, 0) is 40.2 Å². The maximum atomic E-state index is 13.7. The first-order valence-electron chi connectivity index (χ1n) is 6.50. The van der Waals surface area contributed by atoms with E-state index in [1.54, 1.807) is 22.7 Å². The van der Waals surface area contributed by atoms with Crippen LogP contribution in [-0.2, 0) is 6.54 Å². The normalized spacial score (nSPS) is 11.0. The molecular weight excluding hydrogens is 392 g/mol. The summed E-state index contributed by atoms with van der Waals surface area (Å²) < 4.78 is 29.9. The molecule has 1 aromatic carbocycles. The zero-order valence-electron chi connectivity index (χ0n) is 11.5. The van der Waals surface area contributed by atoms with E-state index in [4.69, 9.17) is 11.6 Å². The van der Waals surface area contributed by atoms with Gasteiger partial charge in [-0.1, -0.05) is 11.6 Å². The summed E-state index contributed by atoms with van der Waals surface area (Å²) in [4.78, 5) is 16.2. The van der Waals surface area contributed by atoms with Crippen molar-refractivity contribution >= 4 is 39.1 Å². The zero-order valence-corrected chi connectivity index (χ0v) is 13.8. The summed E-state index contributed by atoms with van der Waals surface area (Å²) in [5, 5.41) is 2.40. The summed E-state index contributed by atoms with van der Waals surface area (Å²) in [6.45, 7) is -0.300. The molecule has 0 spiro atoms. The molecule has 4 nitrogen and oxygen atoms in total. The molecule has 1 N–H and O–H groups in total. The third-order valence-corrected chi connectivity index (χ3v) is 3.87. The van der Waals surface area contributed by atoms with Crippen LogP contribution < -0.4 is 5.32 Å². The van der Waals surface area contributed by atoms with Crippen LogP contribution in [0.1, 0.15) is 16.1 Å². The molecule has 8 heteroatoms. The summed E-state index contributed by atoms with van der Waals surface area (Å²) in [7, 11) is 0. The van der Waals surface area contributed by atoms with E-state index < -0.39 is 17.5 Å². The Labute approximate surface area is 143 Å². The number of hydrogen-bond acceptors (Lipinski definition) is 2. The van der Waals surface area contributed by atoms with Crippen LogP contribution in [0.4, 0.5) is 8.78 Å². The van der Waals surface area contributed by atoms with E-state index in [9.17, 15) is 13.6 Å². The van der Waals surface area contributed by atoms with Gasteiger partial charge in [-0.25, -0.2) is 13.8 Å². The first kappa shape index (κ1) is 15.9. The fourth-order valence-electron chi connectivity index (χ4n) is 2.07. The average molecular weight is 401 g/mol. The van der Waals surface area contributed by atoms with Gasteiger partial charge >= 0.3 is 0 Å². The number of nitrogens with zero attached hydrogens (tertiary/aromatic N) is 2. The molecule has 2 aromatic heterocycles. The lowest BCUT2D eigenvalue weighted by molar-refractivity contribution is 0.0946. The summed E-state index contributed by atoms with van der Waals surface area (Å²) in [5.74, 6) is -2.15. The molecule has 118 valence electrons. The Balaban J connectivity index is 1.79. The van der Waals surface area contributed by atoms with Crippen molar-refractivity contribution in [2.24, 2.45) is 0 Å². The van der Waals surface area contributed by atoms with Crippen LogP contribution in [0.2, 0.25) is 5.02 Å². The molecule has 0 aliphatic carbocycles. The topological polar surface area (TPSA) is 46.4 Å². The third kappa shape index (κ3) is 3.35. The van der Waals surface area contributed by atoms with Crippen molar-refractivity contribution in [3.63, 3.8) is 0 Å². The van der Waals surface area contributed by atoms with E-state index in [1.165, 1.54) is 6.20 Å². The molecule has 0 aliphatic heterocycles. The molecule has 0 unspecified atom stereocenters. The smallest absolute Gasteiger partial charge is 0.271 e. The standard InChI is InChI=1S/C15H9BrClF2N3O/c16-8-1-2-14-21-13(7-22(14)6-8)15(23)20-5-10-11(18)3-9(17)4-12(10)19/h1-4,6-7H,5H2,(H,20,23). The Hall–Kier alpha value is -1.99. The van der Waals surface area contributed by atoms with Gasteiger partial charge in [0.05, 0.1) is 0 Å². The number of hydrogen-bond donors (Lipinski definition) is 1. The molecule has 3 rings (SSSR count). The van der Waals surface area contributed by atoms with Gasteiger partial charge in [0, 0.05) is 34.0 Å². The quantitative estimate of drug-likeness (QED) is 0.723. The molecule has 2 heterocycles. The first-order chi connectivity index (χ1) is 10.9. The number of fused-ring (bicyclic) bond motifs is 1. The van der Waals surface area contributed by atoms with Crippen molar-refractivity contribution < 1.29 is 13.6 Å². The number of carbonyl (C=O) groups excluding carboxylic acids is 1. The summed E-state index contributed by atoms with van der Waals surface area (Å²) in [6, 6.07) is 5.52. The van der Waals surface area contributed by atoms with Crippen molar-refractivity contribution in [2.45, 2.75) is 6.54 Å². The summed E-state index contributed by atoms with van der Waals surface area (Å²) in [5.41, 5.74) is 0.481. The number of imidazole rings is 1. The lowest BCUT2D eigenvalue weighted by Crippen LogP contribution is -2.24. The van der Waals surface area contributed by atoms with E-state index in [1.807, 2.05) is 0 Å². The molecule has 0 bridgehead atoms. The SMILES string of the molecule is O=C(NCc1c(F)cc(Cl)cc1F)c1cn2cc(Br)ccc2n1. The number of nitrogens with one attached hydrogen (secondary N) is 1. The van der Waals surface area contributed by atoms with Crippen LogP contribution >= 0.6 is 27.5 Å². The van der Waals surface area contributed by atoms with Crippen LogP contribution in [0.15, 0.2) is 41.1 Å². The van der Waals surface area contributed by atoms with E-state index in [0.717, 1.165) is 16.6 Å². The number of halogens is 4. The maximum Gasteiger partial charge on any atom is 0.271 e. The molecule has 1 amide bonds. The van der Waals surface area contributed by atoms with Crippen molar-refractivity contribution in [2.75, 3.05) is 0 Å². The van der Waals surface area contributed by atoms with Gasteiger partial charge in [0.1, 0.15) is 23.0 Å². The Bertz CT molecular complexity index is 890. The second kappa shape index (κ2) is 6.25. The first-order valence-corrected chi connectivity index (χ1v) is 7.67. The predicted molar refractivity (Wildman–Crippen MR) is 85.4 cm³/mol. The Kier molecular flexibility index (Phi) is 4.32. The minimum atomic E-state index is -0.811. The molecule has 0 saturated carbocycles. The van der Waals surface area contributed by atoms with Gasteiger partial charge in [-0.15, -0.1) is 0 Å². The Morgan fingerprint density at radius 3 is 2.65 bits per heavy atom. The number of carbonyl (C=O) groups is 1. The average Bonchev–Trinajstić information content (AvgIpc) is 2.88. The van der Waals surface area contributed by atoms with Gasteiger partial charge in [-0.3, -0.25) is 4.79 Å². The fourth-order valence-corrected chi connectivity index (χ4v) is 2.62. The van der Waals surface area contributed by atoms with Crippen molar-refractivity contribution in [3.8, 4) is 0 Å². The predicted octanol–water partition coefficient (Wildman–Crippen LogP) is 3.96. The van der Waals surface area contributed by atoms with E-state index in [-0.39, 0.29) is 22.8 Å². The van der Waals surface area contributed by atoms with Crippen LogP contribution in [0, 0.1) is 11.6 Å². The fraction of sp³-hybridized carbons (Fsp3) is 0.0667. The molecule has 0 saturated heterocycles. The van der Waals surface area contributed by atoms with E-state index in [2.05, 4.69) is 26.2 Å². The molecule has 23 heavy (non-hydrogen) atoms. The lowest BCUT2D eigenvalue weighted by Gasteiger charge is -2.06. The Morgan fingerprint density at radius 2 is 1.96 bits per heavy atom. The molecule has 0 aliphatic rings. The maximum absolute atomic E-state index is 13.7. The molecule has 0 atom stereocenters. The van der Waals surface area contributed by atoms with Gasteiger partial charge in [0.15, 0.2) is 0 Å².